The lowest BCUT2D eigenvalue weighted by atomic mass is 10.1. The molecule has 4 nitrogen and oxygen atoms in total. The van der Waals surface area contributed by atoms with Crippen LogP contribution in [0.5, 0.6) is 11.5 Å². The van der Waals surface area contributed by atoms with Crippen LogP contribution in [0.2, 0.25) is 0 Å². The zero-order valence-corrected chi connectivity index (χ0v) is 11.1. The zero-order chi connectivity index (χ0) is 14.7. The highest BCUT2D eigenvalue weighted by molar-refractivity contribution is 6.08. The number of halogens is 1. The molecular formula is C15H14FNO3. The molecule has 104 valence electrons. The summed E-state index contributed by atoms with van der Waals surface area (Å²) in [6.07, 6.45) is 0. The topological polar surface area (TPSA) is 49.8 Å². The van der Waals surface area contributed by atoms with E-state index in [9.17, 15) is 14.3 Å². The van der Waals surface area contributed by atoms with Crippen molar-refractivity contribution in [2.24, 2.45) is 0 Å². The Morgan fingerprint density at radius 3 is 2.65 bits per heavy atom. The van der Waals surface area contributed by atoms with Crippen LogP contribution in [0.1, 0.15) is 10.4 Å². The van der Waals surface area contributed by atoms with Crippen LogP contribution in [-0.4, -0.2) is 25.2 Å². The van der Waals surface area contributed by atoms with Crippen molar-refractivity contribution in [2.75, 3.05) is 19.1 Å². The Morgan fingerprint density at radius 1 is 1.25 bits per heavy atom. The van der Waals surface area contributed by atoms with E-state index in [1.807, 2.05) is 0 Å². The first-order valence-corrected chi connectivity index (χ1v) is 5.94. The monoisotopic (exact) mass is 275 g/mol. The first-order chi connectivity index (χ1) is 9.54. The fourth-order valence-corrected chi connectivity index (χ4v) is 1.88. The second-order valence-corrected chi connectivity index (χ2v) is 4.20. The number of nitrogens with zero attached hydrogens (tertiary/aromatic N) is 1. The van der Waals surface area contributed by atoms with Crippen LogP contribution in [0.15, 0.2) is 42.5 Å². The van der Waals surface area contributed by atoms with Crippen molar-refractivity contribution < 1.29 is 19.0 Å². The smallest absolute Gasteiger partial charge is 0.261 e. The van der Waals surface area contributed by atoms with Gasteiger partial charge in [-0.3, -0.25) is 4.79 Å². The predicted molar refractivity (Wildman–Crippen MR) is 73.8 cm³/mol. The van der Waals surface area contributed by atoms with Gasteiger partial charge < -0.3 is 14.7 Å². The van der Waals surface area contributed by atoms with E-state index in [2.05, 4.69) is 0 Å². The summed E-state index contributed by atoms with van der Waals surface area (Å²) in [5, 5.41) is 9.68. The maximum Gasteiger partial charge on any atom is 0.261 e. The van der Waals surface area contributed by atoms with Gasteiger partial charge in [0.1, 0.15) is 17.3 Å². The third-order valence-electron chi connectivity index (χ3n) is 2.94. The molecule has 0 heterocycles. The lowest BCUT2D eigenvalue weighted by molar-refractivity contribution is 0.0989. The molecule has 0 bridgehead atoms. The number of carbonyl (C=O) groups excluding carboxylic acids is 1. The highest BCUT2D eigenvalue weighted by Gasteiger charge is 2.20. The first-order valence-electron chi connectivity index (χ1n) is 5.94. The third-order valence-corrected chi connectivity index (χ3v) is 2.94. The fraction of sp³-hybridized carbons (Fsp3) is 0.133. The van der Waals surface area contributed by atoms with Crippen molar-refractivity contribution in [2.45, 2.75) is 0 Å². The van der Waals surface area contributed by atoms with Gasteiger partial charge in [0.2, 0.25) is 0 Å². The summed E-state index contributed by atoms with van der Waals surface area (Å²) in [4.78, 5) is 13.6. The Kier molecular flexibility index (Phi) is 3.89. The normalized spacial score (nSPS) is 10.2. The van der Waals surface area contributed by atoms with Crippen LogP contribution in [0.4, 0.5) is 10.1 Å². The molecule has 20 heavy (non-hydrogen) atoms. The minimum Gasteiger partial charge on any atom is -0.507 e. The number of aromatic hydroxyl groups is 1. The number of para-hydroxylation sites is 2. The van der Waals surface area contributed by atoms with Crippen molar-refractivity contribution in [3.8, 4) is 11.5 Å². The highest BCUT2D eigenvalue weighted by Crippen LogP contribution is 2.29. The summed E-state index contributed by atoms with van der Waals surface area (Å²) in [6, 6.07) is 10.2. The third kappa shape index (κ3) is 2.56. The summed E-state index contributed by atoms with van der Waals surface area (Å²) in [7, 11) is 3.03. The Labute approximate surface area is 116 Å². The minimum atomic E-state index is -0.584. The number of amides is 1. The molecule has 0 spiro atoms. The molecule has 2 aromatic carbocycles. The molecule has 0 radical (unpaired) electrons. The van der Waals surface area contributed by atoms with Crippen LogP contribution in [-0.2, 0) is 0 Å². The van der Waals surface area contributed by atoms with Crippen LogP contribution in [0, 0.1) is 5.82 Å². The maximum absolute atomic E-state index is 13.2. The maximum atomic E-state index is 13.2. The molecule has 0 aliphatic heterocycles. The van der Waals surface area contributed by atoms with E-state index in [0.717, 1.165) is 18.2 Å². The number of anilines is 1. The van der Waals surface area contributed by atoms with Crippen molar-refractivity contribution in [3.05, 3.63) is 53.8 Å². The number of hydrogen-bond acceptors (Lipinski definition) is 3. The highest BCUT2D eigenvalue weighted by atomic mass is 19.1. The number of carbonyl (C=O) groups is 1. The van der Waals surface area contributed by atoms with E-state index >= 15 is 0 Å². The molecule has 0 atom stereocenters. The first kappa shape index (κ1) is 13.9. The molecule has 1 amide bonds. The SMILES string of the molecule is COc1ccccc1N(C)C(=O)c1cc(F)ccc1O. The number of phenols is 1. The molecule has 0 aliphatic rings. The second kappa shape index (κ2) is 5.61. The van der Waals surface area contributed by atoms with Crippen molar-refractivity contribution in [1.82, 2.24) is 0 Å². The number of hydrogen-bond donors (Lipinski definition) is 1. The molecule has 0 aromatic heterocycles. The van der Waals surface area contributed by atoms with Crippen molar-refractivity contribution >= 4 is 11.6 Å². The van der Waals surface area contributed by atoms with Crippen molar-refractivity contribution in [1.29, 1.82) is 0 Å². The van der Waals surface area contributed by atoms with Gasteiger partial charge >= 0.3 is 0 Å². The van der Waals surface area contributed by atoms with Crippen LogP contribution in [0.25, 0.3) is 0 Å². The number of benzene rings is 2. The fourth-order valence-electron chi connectivity index (χ4n) is 1.88. The van der Waals surface area contributed by atoms with Gasteiger partial charge in [-0.05, 0) is 30.3 Å². The molecule has 2 rings (SSSR count). The molecule has 0 aliphatic carbocycles. The van der Waals surface area contributed by atoms with Crippen LogP contribution < -0.4 is 9.64 Å². The lowest BCUT2D eigenvalue weighted by Crippen LogP contribution is -2.26. The van der Waals surface area contributed by atoms with E-state index in [1.54, 1.807) is 24.3 Å². The number of methoxy groups -OCH3 is 1. The largest absolute Gasteiger partial charge is 0.507 e. The Balaban J connectivity index is 2.40. The minimum absolute atomic E-state index is 0.0987. The Hall–Kier alpha value is -2.56. The van der Waals surface area contributed by atoms with Gasteiger partial charge in [-0.25, -0.2) is 4.39 Å². The van der Waals surface area contributed by atoms with Gasteiger partial charge in [0.25, 0.3) is 5.91 Å². The van der Waals surface area contributed by atoms with E-state index in [-0.39, 0.29) is 11.3 Å². The van der Waals surface area contributed by atoms with Gasteiger partial charge in [0, 0.05) is 7.05 Å². The Bertz CT molecular complexity index is 643. The van der Waals surface area contributed by atoms with E-state index < -0.39 is 11.7 Å². The Morgan fingerprint density at radius 2 is 1.95 bits per heavy atom. The van der Waals surface area contributed by atoms with Crippen LogP contribution >= 0.6 is 0 Å². The molecule has 0 unspecified atom stereocenters. The molecule has 1 N–H and O–H groups in total. The second-order valence-electron chi connectivity index (χ2n) is 4.20. The average molecular weight is 275 g/mol. The van der Waals surface area contributed by atoms with Gasteiger partial charge in [-0.2, -0.15) is 0 Å². The van der Waals surface area contributed by atoms with Gasteiger partial charge in [-0.1, -0.05) is 12.1 Å². The summed E-state index contributed by atoms with van der Waals surface area (Å²) in [5.41, 5.74) is 0.432. The predicted octanol–water partition coefficient (Wildman–Crippen LogP) is 2.82. The standard InChI is InChI=1S/C15H14FNO3/c1-17(12-5-3-4-6-14(12)20-2)15(19)11-9-10(16)7-8-13(11)18/h3-9,18H,1-2H3. The van der Waals surface area contributed by atoms with E-state index in [0.29, 0.717) is 11.4 Å². The van der Waals surface area contributed by atoms with Crippen molar-refractivity contribution in [3.63, 3.8) is 0 Å². The number of rotatable bonds is 3. The molecule has 0 saturated heterocycles. The zero-order valence-electron chi connectivity index (χ0n) is 11.1. The van der Waals surface area contributed by atoms with Gasteiger partial charge in [0.05, 0.1) is 18.4 Å². The summed E-state index contributed by atoms with van der Waals surface area (Å²) in [5.74, 6) is -0.858. The average Bonchev–Trinajstić information content (AvgIpc) is 2.48. The van der Waals surface area contributed by atoms with Gasteiger partial charge in [0.15, 0.2) is 0 Å². The molecule has 5 heteroatoms. The summed E-state index contributed by atoms with van der Waals surface area (Å²) < 4.78 is 18.4. The summed E-state index contributed by atoms with van der Waals surface area (Å²) >= 11 is 0. The molecule has 0 fully saturated rings. The lowest BCUT2D eigenvalue weighted by Gasteiger charge is -2.20. The summed E-state index contributed by atoms with van der Waals surface area (Å²) in [6.45, 7) is 0. The van der Waals surface area contributed by atoms with E-state index in [1.165, 1.54) is 19.1 Å². The van der Waals surface area contributed by atoms with Gasteiger partial charge in [-0.15, -0.1) is 0 Å². The quantitative estimate of drug-likeness (QED) is 0.937. The van der Waals surface area contributed by atoms with E-state index in [4.69, 9.17) is 4.74 Å². The molecule has 0 saturated carbocycles. The van der Waals surface area contributed by atoms with Crippen LogP contribution in [0.3, 0.4) is 0 Å². The molecule has 2 aromatic rings. The number of ether oxygens (including phenoxy) is 1. The number of phenolic OH excluding ortho intramolecular Hbond substituents is 1. The molecular weight excluding hydrogens is 261 g/mol.